The predicted octanol–water partition coefficient (Wildman–Crippen LogP) is 3.26. The number of nitrogens with zero attached hydrogens (tertiary/aromatic N) is 3. The van der Waals surface area contributed by atoms with Gasteiger partial charge in [0.05, 0.1) is 10.6 Å². The molecule has 7 nitrogen and oxygen atoms in total. The predicted molar refractivity (Wildman–Crippen MR) is 88.6 cm³/mol. The molecule has 0 radical (unpaired) electrons. The summed E-state index contributed by atoms with van der Waals surface area (Å²) in [5.74, 6) is -0.302. The molecule has 23 heavy (non-hydrogen) atoms. The van der Waals surface area contributed by atoms with Crippen molar-refractivity contribution in [3.05, 3.63) is 63.4 Å². The lowest BCUT2D eigenvalue weighted by atomic mass is 10.3. The van der Waals surface area contributed by atoms with Crippen molar-refractivity contribution >= 4 is 39.7 Å². The van der Waals surface area contributed by atoms with Gasteiger partial charge >= 0.3 is 5.00 Å². The fourth-order valence-corrected chi connectivity index (χ4v) is 2.85. The van der Waals surface area contributed by atoms with Crippen LogP contribution in [0.1, 0.15) is 10.6 Å². The Morgan fingerprint density at radius 2 is 2.22 bits per heavy atom. The summed E-state index contributed by atoms with van der Waals surface area (Å²) in [6.45, 7) is 1.89. The van der Waals surface area contributed by atoms with Gasteiger partial charge in [-0.25, -0.2) is 4.98 Å². The molecule has 8 heteroatoms. The molecule has 3 aromatic rings. The molecule has 1 N–H and O–H groups in total. The van der Waals surface area contributed by atoms with Crippen molar-refractivity contribution in [3.63, 3.8) is 0 Å². The minimum atomic E-state index is -0.453. The number of amides is 1. The number of carbonyl (C=O) groups is 1. The third kappa shape index (κ3) is 3.11. The van der Waals surface area contributed by atoms with Gasteiger partial charge in [0.1, 0.15) is 5.65 Å². The number of fused-ring (bicyclic) bond motifs is 1. The molecule has 0 saturated carbocycles. The Bertz CT molecular complexity index is 926. The van der Waals surface area contributed by atoms with Crippen LogP contribution in [-0.4, -0.2) is 20.2 Å². The Morgan fingerprint density at radius 1 is 1.39 bits per heavy atom. The summed E-state index contributed by atoms with van der Waals surface area (Å²) >= 11 is 1.02. The molecule has 0 aliphatic rings. The number of aromatic nitrogens is 2. The van der Waals surface area contributed by atoms with Gasteiger partial charge < -0.3 is 9.72 Å². The van der Waals surface area contributed by atoms with Crippen molar-refractivity contribution in [2.45, 2.75) is 6.92 Å². The lowest BCUT2D eigenvalue weighted by Crippen LogP contribution is -2.10. The van der Waals surface area contributed by atoms with Crippen LogP contribution in [0.3, 0.4) is 0 Å². The van der Waals surface area contributed by atoms with Crippen LogP contribution >= 0.6 is 11.3 Å². The standard InChI is InChI=1S/C15H12N4O3S/c1-10-12(4-5-13-16-8-9-18(10)13)17-14(20)6-2-11-3-7-15(23-11)19(21)22/h2-9H,1H3,(H,17,20)/b6-2+. The summed E-state index contributed by atoms with van der Waals surface area (Å²) in [6, 6.07) is 6.63. The van der Waals surface area contributed by atoms with E-state index in [0.717, 1.165) is 22.7 Å². The maximum atomic E-state index is 12.0. The Morgan fingerprint density at radius 3 is 2.96 bits per heavy atom. The smallest absolute Gasteiger partial charge is 0.321 e. The van der Waals surface area contributed by atoms with Crippen molar-refractivity contribution in [2.75, 3.05) is 5.32 Å². The molecule has 0 bridgehead atoms. The molecule has 0 spiro atoms. The molecule has 0 aliphatic carbocycles. The van der Waals surface area contributed by atoms with E-state index in [9.17, 15) is 14.9 Å². The highest BCUT2D eigenvalue weighted by atomic mass is 32.1. The van der Waals surface area contributed by atoms with E-state index in [4.69, 9.17) is 0 Å². The van der Waals surface area contributed by atoms with Crippen LogP contribution in [0.25, 0.3) is 11.7 Å². The Balaban J connectivity index is 1.73. The number of imidazole rings is 1. The third-order valence-corrected chi connectivity index (χ3v) is 4.27. The van der Waals surface area contributed by atoms with Gasteiger partial charge in [0.15, 0.2) is 0 Å². The summed E-state index contributed by atoms with van der Waals surface area (Å²) < 4.78 is 1.88. The van der Waals surface area contributed by atoms with Gasteiger partial charge in [0.25, 0.3) is 0 Å². The summed E-state index contributed by atoms with van der Waals surface area (Å²) in [6.07, 6.45) is 6.42. The Kier molecular flexibility index (Phi) is 3.90. The number of aryl methyl sites for hydroxylation is 1. The molecule has 1 amide bonds. The highest BCUT2D eigenvalue weighted by Gasteiger charge is 2.09. The number of hydrogen-bond donors (Lipinski definition) is 1. The van der Waals surface area contributed by atoms with E-state index >= 15 is 0 Å². The zero-order valence-corrected chi connectivity index (χ0v) is 12.9. The van der Waals surface area contributed by atoms with E-state index in [1.807, 2.05) is 23.6 Å². The maximum Gasteiger partial charge on any atom is 0.324 e. The number of pyridine rings is 1. The molecule has 3 heterocycles. The fourth-order valence-electron chi connectivity index (χ4n) is 2.12. The first kappa shape index (κ1) is 14.9. The highest BCUT2D eigenvalue weighted by Crippen LogP contribution is 2.25. The van der Waals surface area contributed by atoms with Crippen LogP contribution in [0.15, 0.2) is 42.7 Å². The zero-order chi connectivity index (χ0) is 16.4. The molecule has 0 aliphatic heterocycles. The molecule has 3 rings (SSSR count). The normalized spacial score (nSPS) is 11.2. The van der Waals surface area contributed by atoms with Gasteiger partial charge in [0.2, 0.25) is 5.91 Å². The number of rotatable bonds is 4. The summed E-state index contributed by atoms with van der Waals surface area (Å²) in [5.41, 5.74) is 2.36. The molecular formula is C15H12N4O3S. The van der Waals surface area contributed by atoms with E-state index in [2.05, 4.69) is 10.3 Å². The zero-order valence-electron chi connectivity index (χ0n) is 12.1. The van der Waals surface area contributed by atoms with Gasteiger partial charge in [-0.3, -0.25) is 14.9 Å². The number of nitro groups is 1. The largest absolute Gasteiger partial charge is 0.324 e. The second-order valence-corrected chi connectivity index (χ2v) is 5.84. The van der Waals surface area contributed by atoms with E-state index in [1.54, 1.807) is 24.4 Å². The Hall–Kier alpha value is -3.00. The quantitative estimate of drug-likeness (QED) is 0.452. The number of thiophene rings is 1. The second kappa shape index (κ2) is 6.01. The molecular weight excluding hydrogens is 316 g/mol. The molecule has 0 unspecified atom stereocenters. The molecule has 0 saturated heterocycles. The van der Waals surface area contributed by atoms with Crippen LogP contribution in [-0.2, 0) is 4.79 Å². The SMILES string of the molecule is Cc1c(NC(=O)/C=C/c2ccc([N+](=O)[O-])s2)ccc2nccn12. The third-order valence-electron chi connectivity index (χ3n) is 3.27. The minimum Gasteiger partial charge on any atom is -0.321 e. The van der Waals surface area contributed by atoms with Crippen LogP contribution < -0.4 is 5.32 Å². The van der Waals surface area contributed by atoms with Gasteiger partial charge in [0, 0.05) is 35.1 Å². The number of nitrogens with one attached hydrogen (secondary N) is 1. The lowest BCUT2D eigenvalue weighted by Gasteiger charge is -2.08. The summed E-state index contributed by atoms with van der Waals surface area (Å²) in [5, 5.41) is 13.5. The van der Waals surface area contributed by atoms with Gasteiger partial charge in [-0.15, -0.1) is 0 Å². The Labute approximate surface area is 135 Å². The molecule has 0 fully saturated rings. The topological polar surface area (TPSA) is 89.5 Å². The number of hydrogen-bond acceptors (Lipinski definition) is 5. The van der Waals surface area contributed by atoms with E-state index < -0.39 is 4.92 Å². The van der Waals surface area contributed by atoms with E-state index in [1.165, 1.54) is 12.1 Å². The van der Waals surface area contributed by atoms with Gasteiger partial charge in [-0.1, -0.05) is 11.3 Å². The van der Waals surface area contributed by atoms with Crippen LogP contribution in [0.2, 0.25) is 0 Å². The molecule has 0 aromatic carbocycles. The van der Waals surface area contributed by atoms with Crippen molar-refractivity contribution in [1.29, 1.82) is 0 Å². The van der Waals surface area contributed by atoms with Crippen LogP contribution in [0.5, 0.6) is 0 Å². The minimum absolute atomic E-state index is 0.0476. The fraction of sp³-hybridized carbons (Fsp3) is 0.0667. The summed E-state index contributed by atoms with van der Waals surface area (Å²) in [7, 11) is 0. The average molecular weight is 328 g/mol. The summed E-state index contributed by atoms with van der Waals surface area (Å²) in [4.78, 5) is 27.0. The number of carbonyl (C=O) groups excluding carboxylic acids is 1. The maximum absolute atomic E-state index is 12.0. The van der Waals surface area contributed by atoms with Crippen molar-refractivity contribution in [3.8, 4) is 0 Å². The van der Waals surface area contributed by atoms with Crippen molar-refractivity contribution < 1.29 is 9.72 Å². The van der Waals surface area contributed by atoms with Crippen molar-refractivity contribution in [1.82, 2.24) is 9.38 Å². The van der Waals surface area contributed by atoms with Gasteiger partial charge in [-0.2, -0.15) is 0 Å². The first-order valence-corrected chi connectivity index (χ1v) is 7.52. The molecule has 0 atom stereocenters. The van der Waals surface area contributed by atoms with Crippen LogP contribution in [0, 0.1) is 17.0 Å². The monoisotopic (exact) mass is 328 g/mol. The van der Waals surface area contributed by atoms with Gasteiger partial charge in [-0.05, 0) is 31.2 Å². The van der Waals surface area contributed by atoms with Crippen LogP contribution in [0.4, 0.5) is 10.7 Å². The lowest BCUT2D eigenvalue weighted by molar-refractivity contribution is -0.380. The second-order valence-electron chi connectivity index (χ2n) is 4.74. The first-order valence-electron chi connectivity index (χ1n) is 6.70. The average Bonchev–Trinajstić information content (AvgIpc) is 3.17. The van der Waals surface area contributed by atoms with E-state index in [-0.39, 0.29) is 10.9 Å². The van der Waals surface area contributed by atoms with Crippen molar-refractivity contribution in [2.24, 2.45) is 0 Å². The molecule has 116 valence electrons. The highest BCUT2D eigenvalue weighted by molar-refractivity contribution is 7.16. The number of anilines is 1. The first-order chi connectivity index (χ1) is 11.0. The molecule has 3 aromatic heterocycles. The van der Waals surface area contributed by atoms with E-state index in [0.29, 0.717) is 10.6 Å².